The van der Waals surface area contributed by atoms with E-state index < -0.39 is 0 Å². The SMILES string of the molecule is CC1=NNC(=O)N(/N=C/c2ccccc2)C1. The lowest BCUT2D eigenvalue weighted by Crippen LogP contribution is -2.42. The molecule has 16 heavy (non-hydrogen) atoms. The fourth-order valence-corrected chi connectivity index (χ4v) is 1.29. The standard InChI is InChI=1S/C11H12N4O/c1-9-8-15(11(16)14-13-9)12-7-10-5-3-2-4-6-10/h2-7H,8H2,1H3,(H,14,16)/b12-7+. The fraction of sp³-hybridized carbons (Fsp3) is 0.182. The van der Waals surface area contributed by atoms with Gasteiger partial charge < -0.3 is 0 Å². The van der Waals surface area contributed by atoms with Gasteiger partial charge >= 0.3 is 6.03 Å². The van der Waals surface area contributed by atoms with Crippen LogP contribution in [0.5, 0.6) is 0 Å². The first-order valence-corrected chi connectivity index (χ1v) is 4.95. The summed E-state index contributed by atoms with van der Waals surface area (Å²) in [6, 6.07) is 9.31. The topological polar surface area (TPSA) is 57.1 Å². The maximum atomic E-state index is 11.4. The molecule has 0 fully saturated rings. The highest BCUT2D eigenvalue weighted by molar-refractivity contribution is 5.92. The maximum Gasteiger partial charge on any atom is 0.358 e. The van der Waals surface area contributed by atoms with Gasteiger partial charge in [0.2, 0.25) is 0 Å². The fourth-order valence-electron chi connectivity index (χ4n) is 1.29. The van der Waals surface area contributed by atoms with E-state index in [9.17, 15) is 4.79 Å². The van der Waals surface area contributed by atoms with Gasteiger partial charge in [0.05, 0.1) is 18.5 Å². The summed E-state index contributed by atoms with van der Waals surface area (Å²) >= 11 is 0. The van der Waals surface area contributed by atoms with Crippen molar-refractivity contribution in [3.05, 3.63) is 35.9 Å². The number of amides is 2. The largest absolute Gasteiger partial charge is 0.358 e. The number of carbonyl (C=O) groups excluding carboxylic acids is 1. The van der Waals surface area contributed by atoms with E-state index in [4.69, 9.17) is 0 Å². The normalized spacial score (nSPS) is 16.2. The highest BCUT2D eigenvalue weighted by atomic mass is 16.2. The number of nitrogens with one attached hydrogen (secondary N) is 1. The minimum absolute atomic E-state index is 0.308. The van der Waals surface area contributed by atoms with Crippen LogP contribution in [0.2, 0.25) is 0 Å². The number of hydrogen-bond acceptors (Lipinski definition) is 3. The Labute approximate surface area is 93.5 Å². The first-order valence-electron chi connectivity index (χ1n) is 4.95. The molecule has 82 valence electrons. The van der Waals surface area contributed by atoms with Crippen LogP contribution in [0.15, 0.2) is 40.5 Å². The lowest BCUT2D eigenvalue weighted by molar-refractivity contribution is 0.204. The van der Waals surface area contributed by atoms with Gasteiger partial charge in [-0.25, -0.2) is 15.2 Å². The Kier molecular flexibility index (Phi) is 2.95. The molecule has 5 heteroatoms. The molecule has 1 aliphatic rings. The Morgan fingerprint density at radius 3 is 2.94 bits per heavy atom. The molecule has 0 aliphatic carbocycles. The molecule has 0 aromatic heterocycles. The summed E-state index contributed by atoms with van der Waals surface area (Å²) in [5, 5.41) is 9.26. The molecule has 0 spiro atoms. The Morgan fingerprint density at radius 2 is 2.19 bits per heavy atom. The zero-order valence-electron chi connectivity index (χ0n) is 8.92. The van der Waals surface area contributed by atoms with Gasteiger partial charge in [-0.2, -0.15) is 10.2 Å². The Hall–Kier alpha value is -2.17. The molecule has 0 saturated carbocycles. The van der Waals surface area contributed by atoms with Crippen LogP contribution in [0, 0.1) is 0 Å². The van der Waals surface area contributed by atoms with Gasteiger partial charge in [-0.15, -0.1) is 0 Å². The van der Waals surface area contributed by atoms with Crippen molar-refractivity contribution in [1.29, 1.82) is 0 Å². The monoisotopic (exact) mass is 216 g/mol. The molecule has 2 rings (SSSR count). The summed E-state index contributed by atoms with van der Waals surface area (Å²) in [5.74, 6) is 0. The van der Waals surface area contributed by atoms with E-state index in [0.717, 1.165) is 11.3 Å². The number of nitrogens with zero attached hydrogens (tertiary/aromatic N) is 3. The number of urea groups is 1. The van der Waals surface area contributed by atoms with Crippen LogP contribution in [-0.4, -0.2) is 29.5 Å². The van der Waals surface area contributed by atoms with Gasteiger partial charge in [-0.1, -0.05) is 30.3 Å². The van der Waals surface area contributed by atoms with E-state index in [0.29, 0.717) is 6.54 Å². The third-order valence-electron chi connectivity index (χ3n) is 2.10. The van der Waals surface area contributed by atoms with E-state index in [2.05, 4.69) is 15.6 Å². The molecule has 1 aliphatic heterocycles. The van der Waals surface area contributed by atoms with Crippen molar-refractivity contribution in [2.75, 3.05) is 6.54 Å². The van der Waals surface area contributed by atoms with E-state index in [1.807, 2.05) is 37.3 Å². The van der Waals surface area contributed by atoms with Gasteiger partial charge in [0.15, 0.2) is 0 Å². The average Bonchev–Trinajstić information content (AvgIpc) is 2.32. The summed E-state index contributed by atoms with van der Waals surface area (Å²) in [6.45, 7) is 2.26. The highest BCUT2D eigenvalue weighted by Gasteiger charge is 2.16. The van der Waals surface area contributed by atoms with Crippen LogP contribution in [0.25, 0.3) is 0 Å². The zero-order valence-corrected chi connectivity index (χ0v) is 8.92. The van der Waals surface area contributed by atoms with Gasteiger partial charge in [0.25, 0.3) is 0 Å². The summed E-state index contributed by atoms with van der Waals surface area (Å²) in [5.41, 5.74) is 4.16. The van der Waals surface area contributed by atoms with Gasteiger partial charge in [-0.3, -0.25) is 0 Å². The van der Waals surface area contributed by atoms with Crippen molar-refractivity contribution in [3.63, 3.8) is 0 Å². The number of carbonyl (C=O) groups is 1. The third-order valence-corrected chi connectivity index (χ3v) is 2.10. The van der Waals surface area contributed by atoms with Crippen molar-refractivity contribution < 1.29 is 4.79 Å². The first-order chi connectivity index (χ1) is 7.75. The van der Waals surface area contributed by atoms with Crippen molar-refractivity contribution >= 4 is 18.0 Å². The molecule has 0 unspecified atom stereocenters. The first kappa shape index (κ1) is 10.4. The predicted octanol–water partition coefficient (Wildman–Crippen LogP) is 1.42. The van der Waals surface area contributed by atoms with Crippen LogP contribution in [0.1, 0.15) is 12.5 Å². The van der Waals surface area contributed by atoms with Crippen molar-refractivity contribution in [3.8, 4) is 0 Å². The predicted molar refractivity (Wildman–Crippen MR) is 62.4 cm³/mol. The van der Waals surface area contributed by atoms with Crippen molar-refractivity contribution in [2.24, 2.45) is 10.2 Å². The molecule has 1 aromatic carbocycles. The Bertz CT molecular complexity index is 439. The molecule has 0 bridgehead atoms. The number of hydrogen-bond donors (Lipinski definition) is 1. The summed E-state index contributed by atoms with van der Waals surface area (Å²) in [4.78, 5) is 11.4. The molecule has 1 heterocycles. The molecule has 0 radical (unpaired) electrons. The molecular formula is C11H12N4O. The van der Waals surface area contributed by atoms with Crippen LogP contribution < -0.4 is 5.43 Å². The number of rotatable bonds is 2. The van der Waals surface area contributed by atoms with Gasteiger partial charge in [-0.05, 0) is 12.5 Å². The average molecular weight is 216 g/mol. The second-order valence-electron chi connectivity index (χ2n) is 3.48. The Balaban J connectivity index is 2.07. The molecule has 0 atom stereocenters. The van der Waals surface area contributed by atoms with E-state index >= 15 is 0 Å². The van der Waals surface area contributed by atoms with Crippen molar-refractivity contribution in [1.82, 2.24) is 10.4 Å². The maximum absolute atomic E-state index is 11.4. The van der Waals surface area contributed by atoms with Crippen LogP contribution in [-0.2, 0) is 0 Å². The van der Waals surface area contributed by atoms with Crippen LogP contribution >= 0.6 is 0 Å². The zero-order chi connectivity index (χ0) is 11.4. The molecule has 1 N–H and O–H groups in total. The molecular weight excluding hydrogens is 204 g/mol. The van der Waals surface area contributed by atoms with E-state index in [1.165, 1.54) is 5.01 Å². The summed E-state index contributed by atoms with van der Waals surface area (Å²) in [7, 11) is 0. The smallest absolute Gasteiger partial charge is 0.245 e. The molecule has 2 amide bonds. The molecule has 0 saturated heterocycles. The van der Waals surface area contributed by atoms with Gasteiger partial charge in [0.1, 0.15) is 0 Å². The molecule has 5 nitrogen and oxygen atoms in total. The quantitative estimate of drug-likeness (QED) is 0.747. The highest BCUT2D eigenvalue weighted by Crippen LogP contribution is 2.00. The Morgan fingerprint density at radius 1 is 1.44 bits per heavy atom. The second-order valence-corrected chi connectivity index (χ2v) is 3.48. The van der Waals surface area contributed by atoms with E-state index in [1.54, 1.807) is 6.21 Å². The van der Waals surface area contributed by atoms with Crippen LogP contribution in [0.4, 0.5) is 4.79 Å². The van der Waals surface area contributed by atoms with Crippen LogP contribution in [0.3, 0.4) is 0 Å². The lowest BCUT2D eigenvalue weighted by Gasteiger charge is -2.20. The minimum atomic E-state index is -0.308. The minimum Gasteiger partial charge on any atom is -0.245 e. The second kappa shape index (κ2) is 4.57. The number of benzene rings is 1. The summed E-state index contributed by atoms with van der Waals surface area (Å²) < 4.78 is 0. The van der Waals surface area contributed by atoms with Gasteiger partial charge in [0, 0.05) is 0 Å². The van der Waals surface area contributed by atoms with Crippen molar-refractivity contribution in [2.45, 2.75) is 6.92 Å². The number of hydrazone groups is 2. The van der Waals surface area contributed by atoms with E-state index in [-0.39, 0.29) is 6.03 Å². The third kappa shape index (κ3) is 2.44. The molecule has 1 aromatic rings. The lowest BCUT2D eigenvalue weighted by atomic mass is 10.2. The summed E-state index contributed by atoms with van der Waals surface area (Å²) in [6.07, 6.45) is 1.65.